The van der Waals surface area contributed by atoms with Crippen LogP contribution in [-0.4, -0.2) is 92.4 Å². The number of nitrogens with zero attached hydrogens (tertiary/aromatic N) is 3. The van der Waals surface area contributed by atoms with Crippen LogP contribution in [0.4, 0.5) is 0 Å². The average Bonchev–Trinajstić information content (AvgIpc) is 2.80. The van der Waals surface area contributed by atoms with E-state index in [2.05, 4.69) is 22.2 Å². The third kappa shape index (κ3) is 5.95. The molecule has 31 heavy (non-hydrogen) atoms. The lowest BCUT2D eigenvalue weighted by Crippen LogP contribution is -2.51. The van der Waals surface area contributed by atoms with Gasteiger partial charge in [0.05, 0.1) is 13.2 Å². The van der Waals surface area contributed by atoms with Gasteiger partial charge in [-0.15, -0.1) is 0 Å². The van der Waals surface area contributed by atoms with Gasteiger partial charge in [0.2, 0.25) is 5.91 Å². The van der Waals surface area contributed by atoms with Crippen molar-refractivity contribution in [3.8, 4) is 5.75 Å². The molecule has 0 bridgehead atoms. The maximum atomic E-state index is 12.6. The molecule has 0 spiro atoms. The number of hydrogen-bond donors (Lipinski definition) is 2. The Labute approximate surface area is 183 Å². The van der Waals surface area contributed by atoms with Crippen LogP contribution in [0.5, 0.6) is 5.75 Å². The van der Waals surface area contributed by atoms with E-state index in [1.54, 1.807) is 7.11 Å². The lowest BCUT2D eigenvalue weighted by molar-refractivity contribution is -0.147. The minimum absolute atomic E-state index is 0.0306. The molecule has 0 radical (unpaired) electrons. The van der Waals surface area contributed by atoms with Gasteiger partial charge in [-0.3, -0.25) is 19.3 Å². The Balaban J connectivity index is 1.61. The Morgan fingerprint density at radius 2 is 1.68 bits per heavy atom. The summed E-state index contributed by atoms with van der Waals surface area (Å²) in [5, 5.41) is 2.84. The van der Waals surface area contributed by atoms with Crippen LogP contribution in [0.25, 0.3) is 0 Å². The van der Waals surface area contributed by atoms with Gasteiger partial charge in [-0.2, -0.15) is 0 Å². The van der Waals surface area contributed by atoms with Crippen molar-refractivity contribution in [2.75, 3.05) is 60.0 Å². The molecule has 1 atom stereocenters. The van der Waals surface area contributed by atoms with E-state index in [0.717, 1.165) is 37.5 Å². The molecule has 3 amide bonds. The van der Waals surface area contributed by atoms with Crippen molar-refractivity contribution in [3.63, 3.8) is 0 Å². The third-order valence-corrected chi connectivity index (χ3v) is 6.31. The Bertz CT molecular complexity index is 769. The number of methoxy groups -OCH3 is 1. The van der Waals surface area contributed by atoms with Gasteiger partial charge in [0.15, 0.2) is 0 Å². The number of hydrogen-bond acceptors (Lipinski definition) is 6. The van der Waals surface area contributed by atoms with E-state index in [1.165, 1.54) is 4.90 Å². The smallest absolute Gasteiger partial charge is 0.311 e. The van der Waals surface area contributed by atoms with E-state index in [4.69, 9.17) is 10.5 Å². The normalized spacial score (nSPS) is 19.6. The molecule has 0 aliphatic carbocycles. The largest absolute Gasteiger partial charge is 0.497 e. The molecule has 2 aliphatic rings. The molecule has 0 saturated carbocycles. The van der Waals surface area contributed by atoms with Crippen LogP contribution in [-0.2, 0) is 14.4 Å². The maximum Gasteiger partial charge on any atom is 0.311 e. The monoisotopic (exact) mass is 431 g/mol. The molecular formula is C22H33N5O4. The van der Waals surface area contributed by atoms with Crippen molar-refractivity contribution in [2.45, 2.75) is 18.9 Å². The predicted octanol–water partition coefficient (Wildman–Crippen LogP) is -0.176. The van der Waals surface area contributed by atoms with Gasteiger partial charge >= 0.3 is 11.8 Å². The number of nitrogens with one attached hydrogen (secondary N) is 1. The molecular weight excluding hydrogens is 398 g/mol. The first-order chi connectivity index (χ1) is 14.9. The molecule has 1 unspecified atom stereocenters. The molecule has 2 heterocycles. The second kappa shape index (κ2) is 10.6. The highest BCUT2D eigenvalue weighted by atomic mass is 16.5. The molecule has 170 valence electrons. The lowest BCUT2D eigenvalue weighted by Gasteiger charge is -2.38. The second-order valence-electron chi connectivity index (χ2n) is 8.31. The number of carbonyl (C=O) groups excluding carboxylic acids is 3. The molecule has 0 aromatic heterocycles. The minimum atomic E-state index is -0.606. The van der Waals surface area contributed by atoms with Crippen LogP contribution in [0.15, 0.2) is 24.3 Å². The van der Waals surface area contributed by atoms with E-state index in [9.17, 15) is 14.4 Å². The molecule has 1 aromatic rings. The van der Waals surface area contributed by atoms with E-state index >= 15 is 0 Å². The number of likely N-dealkylation sites (tertiary alicyclic amines) is 1. The fourth-order valence-electron chi connectivity index (χ4n) is 4.19. The van der Waals surface area contributed by atoms with Crippen LogP contribution in [0.1, 0.15) is 24.4 Å². The Hall–Kier alpha value is -2.65. The molecule has 3 rings (SSSR count). The summed E-state index contributed by atoms with van der Waals surface area (Å²) in [6.07, 6.45) is 1.01. The van der Waals surface area contributed by atoms with Gasteiger partial charge in [-0.25, -0.2) is 0 Å². The molecule has 2 aliphatic heterocycles. The average molecular weight is 432 g/mol. The van der Waals surface area contributed by atoms with Crippen molar-refractivity contribution >= 4 is 17.7 Å². The van der Waals surface area contributed by atoms with Crippen molar-refractivity contribution in [3.05, 3.63) is 29.8 Å². The number of benzene rings is 1. The zero-order chi connectivity index (χ0) is 22.4. The van der Waals surface area contributed by atoms with Gasteiger partial charge in [0.1, 0.15) is 5.75 Å². The number of likely N-dealkylation sites (N-methyl/N-ethyl adjacent to an activating group) is 1. The Morgan fingerprint density at radius 3 is 2.23 bits per heavy atom. The number of primary amides is 1. The highest BCUT2D eigenvalue weighted by molar-refractivity contribution is 6.35. The lowest BCUT2D eigenvalue weighted by atomic mass is 9.96. The molecule has 1 aromatic carbocycles. The Morgan fingerprint density at radius 1 is 1.06 bits per heavy atom. The van der Waals surface area contributed by atoms with Crippen LogP contribution in [0.2, 0.25) is 0 Å². The third-order valence-electron chi connectivity index (χ3n) is 6.31. The summed E-state index contributed by atoms with van der Waals surface area (Å²) in [6.45, 7) is 4.77. The van der Waals surface area contributed by atoms with Crippen LogP contribution in [0, 0.1) is 5.92 Å². The maximum absolute atomic E-state index is 12.6. The number of amides is 3. The first kappa shape index (κ1) is 23.0. The molecule has 9 heteroatoms. The summed E-state index contributed by atoms with van der Waals surface area (Å²) < 4.78 is 5.26. The topological polar surface area (TPSA) is 108 Å². The van der Waals surface area contributed by atoms with Crippen LogP contribution < -0.4 is 15.8 Å². The molecule has 2 fully saturated rings. The summed E-state index contributed by atoms with van der Waals surface area (Å²) in [6, 6.07) is 7.80. The Kier molecular flexibility index (Phi) is 7.86. The van der Waals surface area contributed by atoms with Gasteiger partial charge in [0, 0.05) is 51.7 Å². The fraction of sp³-hybridized carbons (Fsp3) is 0.591. The molecule has 3 N–H and O–H groups in total. The highest BCUT2D eigenvalue weighted by Gasteiger charge is 2.30. The standard InChI is InChI=1S/C22H33N5O4/c1-25-11-13-26(14-12-25)19(16-3-5-18(31-2)6-4-16)15-24-21(29)22(30)27-9-7-17(8-10-27)20(23)28/h3-6,17,19H,7-15H2,1-2H3,(H2,23,28)(H,24,29). The fourth-order valence-corrected chi connectivity index (χ4v) is 4.19. The number of piperidine rings is 1. The quantitative estimate of drug-likeness (QED) is 0.605. The summed E-state index contributed by atoms with van der Waals surface area (Å²) in [5.41, 5.74) is 6.42. The summed E-state index contributed by atoms with van der Waals surface area (Å²) in [7, 11) is 3.73. The van der Waals surface area contributed by atoms with E-state index in [0.29, 0.717) is 32.5 Å². The highest BCUT2D eigenvalue weighted by Crippen LogP contribution is 2.24. The summed E-state index contributed by atoms with van der Waals surface area (Å²) in [4.78, 5) is 42.6. The van der Waals surface area contributed by atoms with Crippen LogP contribution >= 0.6 is 0 Å². The number of rotatable bonds is 6. The summed E-state index contributed by atoms with van der Waals surface area (Å²) in [5.74, 6) is -0.936. The summed E-state index contributed by atoms with van der Waals surface area (Å²) >= 11 is 0. The van der Waals surface area contributed by atoms with Gasteiger partial charge in [0.25, 0.3) is 0 Å². The first-order valence-corrected chi connectivity index (χ1v) is 10.8. The predicted molar refractivity (Wildman–Crippen MR) is 116 cm³/mol. The first-order valence-electron chi connectivity index (χ1n) is 10.8. The number of carbonyl (C=O) groups is 3. The number of nitrogens with two attached hydrogens (primary N) is 1. The van der Waals surface area contributed by atoms with Crippen molar-refractivity contribution < 1.29 is 19.1 Å². The zero-order valence-electron chi connectivity index (χ0n) is 18.4. The van der Waals surface area contributed by atoms with E-state index in [1.807, 2.05) is 24.3 Å². The van der Waals surface area contributed by atoms with Gasteiger partial charge in [-0.05, 0) is 37.6 Å². The van der Waals surface area contributed by atoms with Crippen molar-refractivity contribution in [2.24, 2.45) is 11.7 Å². The SMILES string of the molecule is COc1ccc(C(CNC(=O)C(=O)N2CCC(C(N)=O)CC2)N2CCN(C)CC2)cc1. The number of piperazine rings is 1. The van der Waals surface area contributed by atoms with Crippen molar-refractivity contribution in [1.82, 2.24) is 20.0 Å². The van der Waals surface area contributed by atoms with Gasteiger partial charge < -0.3 is 25.6 Å². The zero-order valence-corrected chi connectivity index (χ0v) is 18.4. The van der Waals surface area contributed by atoms with E-state index < -0.39 is 11.8 Å². The van der Waals surface area contributed by atoms with E-state index in [-0.39, 0.29) is 17.9 Å². The van der Waals surface area contributed by atoms with Crippen LogP contribution in [0.3, 0.4) is 0 Å². The van der Waals surface area contributed by atoms with Crippen molar-refractivity contribution in [1.29, 1.82) is 0 Å². The van der Waals surface area contributed by atoms with Gasteiger partial charge in [-0.1, -0.05) is 12.1 Å². The number of ether oxygens (including phenoxy) is 1. The molecule has 2 saturated heterocycles. The minimum Gasteiger partial charge on any atom is -0.497 e. The molecule has 9 nitrogen and oxygen atoms in total. The second-order valence-corrected chi connectivity index (χ2v) is 8.31.